The van der Waals surface area contributed by atoms with Crippen LogP contribution in [0.1, 0.15) is 11.1 Å². The highest BCUT2D eigenvalue weighted by molar-refractivity contribution is 5.58. The van der Waals surface area contributed by atoms with Crippen LogP contribution in [-0.2, 0) is 22.3 Å². The summed E-state index contributed by atoms with van der Waals surface area (Å²) in [6, 6.07) is 11.4. The van der Waals surface area contributed by atoms with E-state index in [4.69, 9.17) is 24.7 Å². The van der Waals surface area contributed by atoms with E-state index in [0.717, 1.165) is 60.1 Å². The average Bonchev–Trinajstić information content (AvgIpc) is 3.49. The molecule has 0 aliphatic carbocycles. The molecule has 2 aliphatic rings. The van der Waals surface area contributed by atoms with Crippen molar-refractivity contribution in [2.24, 2.45) is 0 Å². The summed E-state index contributed by atoms with van der Waals surface area (Å²) in [7, 11) is 1.65. The van der Waals surface area contributed by atoms with Crippen molar-refractivity contribution in [2.75, 3.05) is 26.1 Å². The predicted molar refractivity (Wildman–Crippen MR) is 90.8 cm³/mol. The first-order valence-corrected chi connectivity index (χ1v) is 8.18. The van der Waals surface area contributed by atoms with Gasteiger partial charge in [0.1, 0.15) is 17.2 Å². The summed E-state index contributed by atoms with van der Waals surface area (Å²) in [5, 5.41) is 0. The van der Waals surface area contributed by atoms with Crippen molar-refractivity contribution >= 4 is 5.69 Å². The third-order valence-corrected chi connectivity index (χ3v) is 4.38. The van der Waals surface area contributed by atoms with Crippen molar-refractivity contribution in [3.8, 4) is 17.2 Å². The molecule has 2 aliphatic heterocycles. The number of benzene rings is 2. The lowest BCUT2D eigenvalue weighted by Crippen LogP contribution is -2.08. The van der Waals surface area contributed by atoms with E-state index >= 15 is 0 Å². The van der Waals surface area contributed by atoms with E-state index in [-0.39, 0.29) is 12.2 Å². The van der Waals surface area contributed by atoms with Crippen LogP contribution in [0, 0.1) is 0 Å². The highest BCUT2D eigenvalue weighted by Gasteiger charge is 2.30. The molecule has 2 N–H and O–H groups in total. The molecule has 0 spiro atoms. The van der Waals surface area contributed by atoms with Crippen LogP contribution in [0.4, 0.5) is 5.69 Å². The van der Waals surface area contributed by atoms with E-state index in [2.05, 4.69) is 0 Å². The van der Waals surface area contributed by atoms with Gasteiger partial charge in [0.2, 0.25) is 0 Å². The number of anilines is 1. The second-order valence-corrected chi connectivity index (χ2v) is 6.21. The molecular weight excluding hydrogens is 306 g/mol. The fraction of sp³-hybridized carbons (Fsp3) is 0.368. The number of ether oxygens (including phenoxy) is 4. The van der Waals surface area contributed by atoms with Gasteiger partial charge >= 0.3 is 0 Å². The van der Waals surface area contributed by atoms with Gasteiger partial charge in [-0.25, -0.2) is 0 Å². The second kappa shape index (κ2) is 6.34. The number of methoxy groups -OCH3 is 1. The van der Waals surface area contributed by atoms with E-state index in [1.54, 1.807) is 7.11 Å². The number of rotatable bonds is 7. The molecule has 2 unspecified atom stereocenters. The molecule has 2 heterocycles. The van der Waals surface area contributed by atoms with E-state index in [1.165, 1.54) is 0 Å². The van der Waals surface area contributed by atoms with Gasteiger partial charge in [0, 0.05) is 24.1 Å². The molecule has 0 bridgehead atoms. The van der Waals surface area contributed by atoms with E-state index < -0.39 is 0 Å². The van der Waals surface area contributed by atoms with Crippen LogP contribution in [0.15, 0.2) is 36.4 Å². The number of hydrogen-bond donors (Lipinski definition) is 1. The highest BCUT2D eigenvalue weighted by Crippen LogP contribution is 2.36. The number of hydrogen-bond acceptors (Lipinski definition) is 5. The number of epoxide rings is 2. The van der Waals surface area contributed by atoms with Crippen LogP contribution in [0.5, 0.6) is 17.2 Å². The Hall–Kier alpha value is -2.24. The molecule has 5 heteroatoms. The van der Waals surface area contributed by atoms with Crippen LogP contribution in [0.25, 0.3) is 0 Å². The fourth-order valence-electron chi connectivity index (χ4n) is 2.85. The Bertz CT molecular complexity index is 721. The van der Waals surface area contributed by atoms with Crippen LogP contribution in [0.2, 0.25) is 0 Å². The molecule has 0 saturated carbocycles. The normalized spacial score (nSPS) is 21.4. The summed E-state index contributed by atoms with van der Waals surface area (Å²) in [5.74, 6) is 2.41. The molecular formula is C19H21NO4. The van der Waals surface area contributed by atoms with Crippen molar-refractivity contribution in [3.05, 3.63) is 47.5 Å². The molecule has 126 valence electrons. The first-order chi connectivity index (χ1) is 11.7. The van der Waals surface area contributed by atoms with E-state index in [1.807, 2.05) is 36.4 Å². The van der Waals surface area contributed by atoms with Gasteiger partial charge in [-0.3, -0.25) is 0 Å². The lowest BCUT2D eigenvalue weighted by molar-refractivity contribution is 0.397. The zero-order chi connectivity index (χ0) is 16.5. The molecule has 2 aromatic carbocycles. The second-order valence-electron chi connectivity index (χ2n) is 6.21. The monoisotopic (exact) mass is 327 g/mol. The largest absolute Gasteiger partial charge is 0.497 e. The van der Waals surface area contributed by atoms with Gasteiger partial charge in [0.25, 0.3) is 0 Å². The van der Waals surface area contributed by atoms with Gasteiger partial charge in [-0.05, 0) is 42.0 Å². The quantitative estimate of drug-likeness (QED) is 0.625. The molecule has 2 fully saturated rings. The van der Waals surface area contributed by atoms with Crippen molar-refractivity contribution in [3.63, 3.8) is 0 Å². The lowest BCUT2D eigenvalue weighted by Gasteiger charge is -2.17. The molecule has 5 nitrogen and oxygen atoms in total. The standard InChI is InChI=1S/C19H21NO4/c1-21-12-2-4-13(5-3-12)24-19-7-6-18(20)16(8-14-10-22-14)17(19)9-15-11-23-15/h2-7,14-15H,8-11,20H2,1H3. The summed E-state index contributed by atoms with van der Waals surface area (Å²) < 4.78 is 22.1. The van der Waals surface area contributed by atoms with Gasteiger partial charge in [-0.15, -0.1) is 0 Å². The topological polar surface area (TPSA) is 69.5 Å². The van der Waals surface area contributed by atoms with Crippen molar-refractivity contribution in [1.29, 1.82) is 0 Å². The molecule has 0 amide bonds. The highest BCUT2D eigenvalue weighted by atomic mass is 16.6. The summed E-state index contributed by atoms with van der Waals surface area (Å²) in [6.45, 7) is 1.61. The zero-order valence-corrected chi connectivity index (χ0v) is 13.7. The first kappa shape index (κ1) is 15.3. The average molecular weight is 327 g/mol. The maximum absolute atomic E-state index is 6.23. The molecule has 2 atom stereocenters. The van der Waals surface area contributed by atoms with Crippen LogP contribution in [-0.4, -0.2) is 32.5 Å². The molecule has 0 aromatic heterocycles. The third-order valence-electron chi connectivity index (χ3n) is 4.38. The Balaban J connectivity index is 1.64. The fourth-order valence-corrected chi connectivity index (χ4v) is 2.85. The Labute approximate surface area is 141 Å². The molecule has 2 saturated heterocycles. The molecule has 0 radical (unpaired) electrons. The minimum absolute atomic E-state index is 0.267. The predicted octanol–water partition coefficient (Wildman–Crippen LogP) is 2.95. The van der Waals surface area contributed by atoms with Gasteiger partial charge in [-0.2, -0.15) is 0 Å². The molecule has 4 rings (SSSR count). The van der Waals surface area contributed by atoms with Gasteiger partial charge in [-0.1, -0.05) is 0 Å². The zero-order valence-electron chi connectivity index (χ0n) is 13.7. The first-order valence-electron chi connectivity index (χ1n) is 8.18. The molecule has 24 heavy (non-hydrogen) atoms. The third kappa shape index (κ3) is 3.47. The number of nitrogen functional groups attached to an aromatic ring is 1. The van der Waals surface area contributed by atoms with Crippen LogP contribution >= 0.6 is 0 Å². The van der Waals surface area contributed by atoms with Crippen molar-refractivity contribution in [1.82, 2.24) is 0 Å². The maximum atomic E-state index is 6.23. The van der Waals surface area contributed by atoms with E-state index in [9.17, 15) is 0 Å². The summed E-state index contributed by atoms with van der Waals surface area (Å²) in [4.78, 5) is 0. The Morgan fingerprint density at radius 1 is 0.917 bits per heavy atom. The maximum Gasteiger partial charge on any atom is 0.131 e. The Morgan fingerprint density at radius 3 is 2.08 bits per heavy atom. The van der Waals surface area contributed by atoms with Crippen molar-refractivity contribution in [2.45, 2.75) is 25.0 Å². The smallest absolute Gasteiger partial charge is 0.131 e. The number of nitrogens with two attached hydrogens (primary N) is 1. The minimum Gasteiger partial charge on any atom is -0.497 e. The summed E-state index contributed by atoms with van der Waals surface area (Å²) >= 11 is 0. The lowest BCUT2D eigenvalue weighted by atomic mass is 9.96. The summed E-state index contributed by atoms with van der Waals surface area (Å²) in [5.41, 5.74) is 9.27. The summed E-state index contributed by atoms with van der Waals surface area (Å²) in [6.07, 6.45) is 2.19. The van der Waals surface area contributed by atoms with Crippen LogP contribution < -0.4 is 15.2 Å². The van der Waals surface area contributed by atoms with Gasteiger partial charge in [0.15, 0.2) is 0 Å². The molecule has 2 aromatic rings. The van der Waals surface area contributed by atoms with Crippen molar-refractivity contribution < 1.29 is 18.9 Å². The van der Waals surface area contributed by atoms with Crippen LogP contribution in [0.3, 0.4) is 0 Å². The Kier molecular flexibility index (Phi) is 4.04. The van der Waals surface area contributed by atoms with E-state index in [0.29, 0.717) is 0 Å². The van der Waals surface area contributed by atoms with Gasteiger partial charge in [0.05, 0.1) is 32.5 Å². The van der Waals surface area contributed by atoms with Gasteiger partial charge < -0.3 is 24.7 Å². The Morgan fingerprint density at radius 2 is 1.50 bits per heavy atom. The minimum atomic E-state index is 0.267. The SMILES string of the molecule is COc1ccc(Oc2ccc(N)c(CC3CO3)c2CC2CO2)cc1.